The van der Waals surface area contributed by atoms with Crippen LogP contribution in [0.5, 0.6) is 0 Å². The number of nitrogens with zero attached hydrogens (tertiary/aromatic N) is 4. The van der Waals surface area contributed by atoms with Gasteiger partial charge in [-0.25, -0.2) is 9.97 Å². The lowest BCUT2D eigenvalue weighted by Gasteiger charge is -2.26. The Morgan fingerprint density at radius 1 is 1.03 bits per heavy atom. The highest BCUT2D eigenvalue weighted by molar-refractivity contribution is 5.76. The van der Waals surface area contributed by atoms with Crippen LogP contribution in [0.25, 0.3) is 11.2 Å². The van der Waals surface area contributed by atoms with E-state index in [0.29, 0.717) is 28.7 Å². The third-order valence-corrected chi connectivity index (χ3v) is 5.06. The van der Waals surface area contributed by atoms with Crippen LogP contribution in [0, 0.1) is 0 Å². The van der Waals surface area contributed by atoms with Crippen LogP contribution in [-0.4, -0.2) is 38.1 Å². The molecule has 0 bridgehead atoms. The number of rotatable bonds is 4. The van der Waals surface area contributed by atoms with Crippen molar-refractivity contribution in [3.8, 4) is 0 Å². The van der Waals surface area contributed by atoms with Gasteiger partial charge in [-0.3, -0.25) is 4.57 Å². The largest absolute Gasteiger partial charge is 0.416 e. The Morgan fingerprint density at radius 2 is 1.71 bits per heavy atom. The quantitative estimate of drug-likeness (QED) is 0.552. The van der Waals surface area contributed by atoms with Crippen molar-refractivity contribution in [2.24, 2.45) is 0 Å². The normalized spacial score (nSPS) is 15.9. The molecule has 31 heavy (non-hydrogen) atoms. The van der Waals surface area contributed by atoms with Crippen LogP contribution in [0.1, 0.15) is 45.2 Å². The number of alkyl halides is 3. The monoisotopic (exact) mass is 433 g/mol. The van der Waals surface area contributed by atoms with Crippen LogP contribution < -0.4 is 16.0 Å². The molecule has 3 N–H and O–H groups in total. The number of halogens is 3. The van der Waals surface area contributed by atoms with Crippen LogP contribution in [0.2, 0.25) is 0 Å². The second-order valence-electron chi connectivity index (χ2n) is 8.76. The van der Waals surface area contributed by atoms with Crippen molar-refractivity contribution in [3.05, 3.63) is 36.0 Å². The second-order valence-corrected chi connectivity index (χ2v) is 8.76. The molecule has 1 aromatic carbocycles. The fourth-order valence-corrected chi connectivity index (χ4v) is 3.66. The van der Waals surface area contributed by atoms with Crippen molar-refractivity contribution in [2.45, 2.75) is 51.4 Å². The molecule has 0 unspecified atom stereocenters. The summed E-state index contributed by atoms with van der Waals surface area (Å²) in [5.74, 6) is 1.06. The Balaban J connectivity index is 1.72. The molecule has 3 aromatic rings. The zero-order chi connectivity index (χ0) is 22.2. The molecule has 10 heteroatoms. The molecular formula is C21H26F3N7. The molecule has 1 fully saturated rings. The summed E-state index contributed by atoms with van der Waals surface area (Å²) >= 11 is 0. The first kappa shape index (κ1) is 21.4. The fourth-order valence-electron chi connectivity index (χ4n) is 3.66. The summed E-state index contributed by atoms with van der Waals surface area (Å²) < 4.78 is 40.7. The molecule has 1 saturated heterocycles. The predicted molar refractivity (Wildman–Crippen MR) is 115 cm³/mol. The molecule has 4 rings (SSSR count). The van der Waals surface area contributed by atoms with Gasteiger partial charge in [-0.15, -0.1) is 0 Å². The summed E-state index contributed by atoms with van der Waals surface area (Å²) in [7, 11) is 0. The van der Waals surface area contributed by atoms with Gasteiger partial charge in [0.2, 0.25) is 11.9 Å². The first-order chi connectivity index (χ1) is 14.6. The topological polar surface area (TPSA) is 79.7 Å². The number of piperidine rings is 1. The standard InChI is InChI=1S/C21H26F3N7/c1-20(2,3)30-18-26-12-16-17(29-18)31(15-8-10-25-11-9-15)19(28-16)27-14-6-4-13(5-7-14)21(22,23)24/h4-7,12,15,25H,8-11H2,1-3H3,(H,27,28)(H,26,29,30). The van der Waals surface area contributed by atoms with E-state index in [4.69, 9.17) is 4.98 Å². The highest BCUT2D eigenvalue weighted by atomic mass is 19.4. The Morgan fingerprint density at radius 3 is 2.32 bits per heavy atom. The van der Waals surface area contributed by atoms with E-state index in [1.165, 1.54) is 12.1 Å². The summed E-state index contributed by atoms with van der Waals surface area (Å²) in [4.78, 5) is 13.7. The first-order valence-electron chi connectivity index (χ1n) is 10.3. The zero-order valence-electron chi connectivity index (χ0n) is 17.7. The van der Waals surface area contributed by atoms with Gasteiger partial charge < -0.3 is 16.0 Å². The maximum Gasteiger partial charge on any atom is 0.416 e. The summed E-state index contributed by atoms with van der Waals surface area (Å²) in [6.45, 7) is 7.84. The van der Waals surface area contributed by atoms with Crippen LogP contribution >= 0.6 is 0 Å². The highest BCUT2D eigenvalue weighted by Gasteiger charge is 2.30. The van der Waals surface area contributed by atoms with E-state index in [2.05, 4.69) is 25.9 Å². The summed E-state index contributed by atoms with van der Waals surface area (Å²) in [6.07, 6.45) is -0.892. The van der Waals surface area contributed by atoms with E-state index in [1.807, 2.05) is 25.3 Å². The van der Waals surface area contributed by atoms with Gasteiger partial charge in [0.1, 0.15) is 5.52 Å². The Kier molecular flexibility index (Phi) is 5.50. The smallest absolute Gasteiger partial charge is 0.350 e. The number of hydrogen-bond acceptors (Lipinski definition) is 6. The molecule has 0 radical (unpaired) electrons. The number of aromatic nitrogens is 4. The van der Waals surface area contributed by atoms with Crippen molar-refractivity contribution >= 4 is 28.7 Å². The highest BCUT2D eigenvalue weighted by Crippen LogP contribution is 2.33. The first-order valence-corrected chi connectivity index (χ1v) is 10.3. The van der Waals surface area contributed by atoms with Gasteiger partial charge in [0, 0.05) is 17.3 Å². The van der Waals surface area contributed by atoms with E-state index in [1.54, 1.807) is 6.20 Å². The van der Waals surface area contributed by atoms with Gasteiger partial charge in [-0.2, -0.15) is 18.2 Å². The van der Waals surface area contributed by atoms with Crippen LogP contribution in [0.15, 0.2) is 30.5 Å². The molecule has 1 aliphatic heterocycles. The third kappa shape index (κ3) is 4.90. The zero-order valence-corrected chi connectivity index (χ0v) is 17.7. The minimum absolute atomic E-state index is 0.167. The van der Waals surface area contributed by atoms with Crippen LogP contribution in [0.3, 0.4) is 0 Å². The van der Waals surface area contributed by atoms with Gasteiger partial charge >= 0.3 is 6.18 Å². The lowest BCUT2D eigenvalue weighted by molar-refractivity contribution is -0.137. The summed E-state index contributed by atoms with van der Waals surface area (Å²) in [6, 6.07) is 5.11. The number of imidazole rings is 1. The molecule has 0 atom stereocenters. The molecule has 3 heterocycles. The van der Waals surface area contributed by atoms with Gasteiger partial charge in [0.25, 0.3) is 0 Å². The molecule has 7 nitrogen and oxygen atoms in total. The molecule has 1 aliphatic rings. The van der Waals surface area contributed by atoms with E-state index in [-0.39, 0.29) is 11.6 Å². The fraction of sp³-hybridized carbons (Fsp3) is 0.476. The number of fused-ring (bicyclic) bond motifs is 1. The van der Waals surface area contributed by atoms with Gasteiger partial charge in [-0.1, -0.05) is 0 Å². The van der Waals surface area contributed by atoms with Gasteiger partial charge in [-0.05, 0) is 71.0 Å². The minimum atomic E-state index is -4.37. The average molecular weight is 433 g/mol. The van der Waals surface area contributed by atoms with Gasteiger partial charge in [0.05, 0.1) is 11.8 Å². The molecule has 166 valence electrons. The SMILES string of the molecule is CC(C)(C)Nc1ncc2nc(Nc3ccc(C(F)(F)F)cc3)n(C3CCNCC3)c2n1. The van der Waals surface area contributed by atoms with E-state index < -0.39 is 11.7 Å². The third-order valence-electron chi connectivity index (χ3n) is 5.06. The number of anilines is 3. The van der Waals surface area contributed by atoms with E-state index in [0.717, 1.165) is 38.1 Å². The van der Waals surface area contributed by atoms with E-state index >= 15 is 0 Å². The van der Waals surface area contributed by atoms with Crippen molar-refractivity contribution in [3.63, 3.8) is 0 Å². The Hall–Kier alpha value is -2.88. The number of benzene rings is 1. The number of nitrogens with one attached hydrogen (secondary N) is 3. The minimum Gasteiger partial charge on any atom is -0.350 e. The van der Waals surface area contributed by atoms with Crippen LogP contribution in [0.4, 0.5) is 30.8 Å². The second kappa shape index (κ2) is 7.99. The van der Waals surface area contributed by atoms with Crippen molar-refractivity contribution in [2.75, 3.05) is 23.7 Å². The summed E-state index contributed by atoms with van der Waals surface area (Å²) in [5, 5.41) is 9.81. The molecule has 0 amide bonds. The Bertz CT molecular complexity index is 1050. The van der Waals surface area contributed by atoms with Crippen molar-refractivity contribution < 1.29 is 13.2 Å². The number of hydrogen-bond donors (Lipinski definition) is 3. The molecule has 0 saturated carbocycles. The maximum atomic E-state index is 12.9. The van der Waals surface area contributed by atoms with E-state index in [9.17, 15) is 13.2 Å². The predicted octanol–water partition coefficient (Wildman–Crippen LogP) is 4.72. The van der Waals surface area contributed by atoms with Crippen LogP contribution in [-0.2, 0) is 6.18 Å². The Labute approximate surface area is 178 Å². The van der Waals surface area contributed by atoms with Crippen molar-refractivity contribution in [1.82, 2.24) is 24.8 Å². The average Bonchev–Trinajstić information content (AvgIpc) is 3.04. The molecule has 0 spiro atoms. The summed E-state index contributed by atoms with van der Waals surface area (Å²) in [5.41, 5.74) is 0.970. The van der Waals surface area contributed by atoms with Crippen molar-refractivity contribution in [1.29, 1.82) is 0 Å². The molecule has 0 aliphatic carbocycles. The maximum absolute atomic E-state index is 12.9. The molecule has 2 aromatic heterocycles. The lowest BCUT2D eigenvalue weighted by Crippen LogP contribution is -2.30. The lowest BCUT2D eigenvalue weighted by atomic mass is 10.1. The molecular weight excluding hydrogens is 407 g/mol. The van der Waals surface area contributed by atoms with Gasteiger partial charge in [0.15, 0.2) is 5.65 Å².